The van der Waals surface area contributed by atoms with Crippen LogP contribution in [0, 0.1) is 6.92 Å². The van der Waals surface area contributed by atoms with E-state index in [0.29, 0.717) is 30.1 Å². The molecule has 1 N–H and O–H groups in total. The quantitative estimate of drug-likeness (QED) is 0.347. The number of aryl methyl sites for hydroxylation is 1. The molecule has 0 saturated heterocycles. The fourth-order valence-electron chi connectivity index (χ4n) is 4.23. The molecule has 3 aromatic carbocycles. The molecule has 3 rings (SSSR count). The minimum Gasteiger partial charge on any atom is -0.355 e. The van der Waals surface area contributed by atoms with Crippen molar-refractivity contribution in [2.75, 3.05) is 23.9 Å². The predicted molar refractivity (Wildman–Crippen MR) is 152 cm³/mol. The number of sulfonamides is 1. The smallest absolute Gasteiger partial charge is 0.264 e. The highest BCUT2D eigenvalue weighted by atomic mass is 35.5. The van der Waals surface area contributed by atoms with Crippen LogP contribution in [0.25, 0.3) is 0 Å². The number of carbonyl (C=O) groups excluding carboxylic acids is 2. The molecular formula is C29H34ClN3O4S. The zero-order valence-corrected chi connectivity index (χ0v) is 23.5. The summed E-state index contributed by atoms with van der Waals surface area (Å²) in [6.45, 7) is 5.74. The van der Waals surface area contributed by atoms with Crippen LogP contribution in [-0.4, -0.2) is 50.8 Å². The summed E-state index contributed by atoms with van der Waals surface area (Å²) in [6.07, 6.45) is 0.914. The van der Waals surface area contributed by atoms with Crippen LogP contribution in [0.4, 0.5) is 5.69 Å². The van der Waals surface area contributed by atoms with Crippen LogP contribution >= 0.6 is 11.6 Å². The first-order valence-corrected chi connectivity index (χ1v) is 14.4. The summed E-state index contributed by atoms with van der Waals surface area (Å²) < 4.78 is 28.7. The Balaban J connectivity index is 2.00. The second kappa shape index (κ2) is 13.4. The topological polar surface area (TPSA) is 86.8 Å². The maximum Gasteiger partial charge on any atom is 0.264 e. The number of hydrogen-bond acceptors (Lipinski definition) is 4. The fraction of sp³-hybridized carbons (Fsp3) is 0.310. The van der Waals surface area contributed by atoms with Crippen molar-refractivity contribution in [2.45, 2.75) is 44.6 Å². The standard InChI is InChI=1S/C29H34ClN3O4S/c1-4-27(29(35)31-5-2)32(19-18-23-11-7-6-8-12-23)28(34)21-33(25-13-9-10-22(3)20-25)38(36,37)26-16-14-24(30)15-17-26/h6-17,20,27H,4-5,18-19,21H2,1-3H3,(H,31,35). The van der Waals surface area contributed by atoms with E-state index in [-0.39, 0.29) is 17.3 Å². The Morgan fingerprint density at radius 2 is 1.63 bits per heavy atom. The van der Waals surface area contributed by atoms with Gasteiger partial charge in [0.25, 0.3) is 10.0 Å². The van der Waals surface area contributed by atoms with Crippen LogP contribution in [0.2, 0.25) is 5.02 Å². The van der Waals surface area contributed by atoms with Crippen molar-refractivity contribution in [3.8, 4) is 0 Å². The summed E-state index contributed by atoms with van der Waals surface area (Å²) >= 11 is 5.99. The molecule has 9 heteroatoms. The van der Waals surface area contributed by atoms with Crippen LogP contribution in [0.1, 0.15) is 31.4 Å². The SMILES string of the molecule is CCNC(=O)C(CC)N(CCc1ccccc1)C(=O)CN(c1cccc(C)c1)S(=O)(=O)c1ccc(Cl)cc1. The third kappa shape index (κ3) is 7.36. The molecule has 0 bridgehead atoms. The molecule has 0 aliphatic rings. The first kappa shape index (κ1) is 29.2. The van der Waals surface area contributed by atoms with E-state index in [1.807, 2.05) is 57.2 Å². The molecule has 0 aliphatic heterocycles. The highest BCUT2D eigenvalue weighted by Gasteiger charge is 2.33. The van der Waals surface area contributed by atoms with Gasteiger partial charge in [0, 0.05) is 18.1 Å². The number of rotatable bonds is 12. The average Bonchev–Trinajstić information content (AvgIpc) is 2.90. The van der Waals surface area contributed by atoms with E-state index < -0.39 is 28.5 Å². The summed E-state index contributed by atoms with van der Waals surface area (Å²) in [5.41, 5.74) is 2.23. The number of nitrogens with zero attached hydrogens (tertiary/aromatic N) is 2. The minimum atomic E-state index is -4.12. The zero-order valence-electron chi connectivity index (χ0n) is 21.9. The lowest BCUT2D eigenvalue weighted by Gasteiger charge is -2.33. The van der Waals surface area contributed by atoms with Crippen LogP contribution in [-0.2, 0) is 26.0 Å². The van der Waals surface area contributed by atoms with Crippen molar-refractivity contribution in [1.29, 1.82) is 0 Å². The van der Waals surface area contributed by atoms with Gasteiger partial charge in [0.05, 0.1) is 10.6 Å². The maximum absolute atomic E-state index is 13.9. The number of halogens is 1. The van der Waals surface area contributed by atoms with Gasteiger partial charge in [-0.2, -0.15) is 0 Å². The lowest BCUT2D eigenvalue weighted by Crippen LogP contribution is -2.53. The second-order valence-corrected chi connectivity index (χ2v) is 11.2. The number of carbonyl (C=O) groups is 2. The van der Waals surface area contributed by atoms with E-state index in [4.69, 9.17) is 11.6 Å². The number of amides is 2. The molecule has 3 aromatic rings. The summed E-state index contributed by atoms with van der Waals surface area (Å²) in [6, 6.07) is 21.7. The third-order valence-corrected chi connectivity index (χ3v) is 8.23. The predicted octanol–water partition coefficient (Wildman–Crippen LogP) is 4.83. The number of benzene rings is 3. The van der Waals surface area contributed by atoms with Gasteiger partial charge in [-0.15, -0.1) is 0 Å². The minimum absolute atomic E-state index is 0.0165. The average molecular weight is 556 g/mol. The lowest BCUT2D eigenvalue weighted by molar-refractivity contribution is -0.139. The van der Waals surface area contributed by atoms with Gasteiger partial charge in [0.2, 0.25) is 11.8 Å². The molecule has 1 unspecified atom stereocenters. The van der Waals surface area contributed by atoms with Crippen molar-refractivity contribution >= 4 is 39.1 Å². The van der Waals surface area contributed by atoms with Crippen molar-refractivity contribution in [2.24, 2.45) is 0 Å². The van der Waals surface area contributed by atoms with Crippen molar-refractivity contribution in [3.63, 3.8) is 0 Å². The third-order valence-electron chi connectivity index (χ3n) is 6.19. The number of nitrogens with one attached hydrogen (secondary N) is 1. The molecule has 0 fully saturated rings. The monoisotopic (exact) mass is 555 g/mol. The van der Waals surface area contributed by atoms with E-state index in [0.717, 1.165) is 15.4 Å². The van der Waals surface area contributed by atoms with Gasteiger partial charge in [-0.25, -0.2) is 8.42 Å². The van der Waals surface area contributed by atoms with Gasteiger partial charge >= 0.3 is 0 Å². The Morgan fingerprint density at radius 1 is 0.947 bits per heavy atom. The van der Waals surface area contributed by atoms with Gasteiger partial charge in [0.1, 0.15) is 12.6 Å². The molecule has 2 amide bonds. The summed E-state index contributed by atoms with van der Waals surface area (Å²) in [4.78, 5) is 28.3. The lowest BCUT2D eigenvalue weighted by atomic mass is 10.1. The highest BCUT2D eigenvalue weighted by Crippen LogP contribution is 2.26. The van der Waals surface area contributed by atoms with Gasteiger partial charge in [-0.1, -0.05) is 61.0 Å². The largest absolute Gasteiger partial charge is 0.355 e. The normalized spacial score (nSPS) is 12.0. The highest BCUT2D eigenvalue weighted by molar-refractivity contribution is 7.92. The van der Waals surface area contributed by atoms with Crippen LogP contribution in [0.3, 0.4) is 0 Å². The summed E-state index contributed by atoms with van der Waals surface area (Å²) in [5, 5.41) is 3.21. The van der Waals surface area contributed by atoms with Gasteiger partial charge < -0.3 is 10.2 Å². The number of anilines is 1. The Bertz CT molecular complexity index is 1330. The second-order valence-electron chi connectivity index (χ2n) is 8.95. The fourth-order valence-corrected chi connectivity index (χ4v) is 5.77. The molecular weight excluding hydrogens is 522 g/mol. The summed E-state index contributed by atoms with van der Waals surface area (Å²) in [7, 11) is -4.12. The van der Waals surface area contributed by atoms with Gasteiger partial charge in [-0.05, 0) is 74.2 Å². The molecule has 0 aromatic heterocycles. The Hall–Kier alpha value is -3.36. The number of likely N-dealkylation sites (N-methyl/N-ethyl adjacent to an activating group) is 1. The van der Waals surface area contributed by atoms with E-state index in [2.05, 4.69) is 5.32 Å². The number of hydrogen-bond donors (Lipinski definition) is 1. The Morgan fingerprint density at radius 3 is 2.24 bits per heavy atom. The van der Waals surface area contributed by atoms with Crippen molar-refractivity contribution in [1.82, 2.24) is 10.2 Å². The molecule has 0 radical (unpaired) electrons. The molecule has 0 saturated carbocycles. The van der Waals surface area contributed by atoms with Gasteiger partial charge in [-0.3, -0.25) is 13.9 Å². The first-order valence-electron chi connectivity index (χ1n) is 12.6. The van der Waals surface area contributed by atoms with Crippen LogP contribution < -0.4 is 9.62 Å². The molecule has 38 heavy (non-hydrogen) atoms. The van der Waals surface area contributed by atoms with E-state index in [1.54, 1.807) is 18.2 Å². The van der Waals surface area contributed by atoms with Gasteiger partial charge in [0.15, 0.2) is 0 Å². The summed E-state index contributed by atoms with van der Waals surface area (Å²) in [5.74, 6) is -0.725. The molecule has 202 valence electrons. The van der Waals surface area contributed by atoms with E-state index >= 15 is 0 Å². The molecule has 0 spiro atoms. The zero-order chi connectivity index (χ0) is 27.7. The van der Waals surface area contributed by atoms with Crippen LogP contribution in [0.5, 0.6) is 0 Å². The van der Waals surface area contributed by atoms with Crippen molar-refractivity contribution < 1.29 is 18.0 Å². The van der Waals surface area contributed by atoms with Crippen molar-refractivity contribution in [3.05, 3.63) is 95.0 Å². The first-order chi connectivity index (χ1) is 18.2. The Kier molecular flexibility index (Phi) is 10.3. The molecule has 0 aliphatic carbocycles. The van der Waals surface area contributed by atoms with E-state index in [1.165, 1.54) is 29.2 Å². The van der Waals surface area contributed by atoms with Crippen LogP contribution in [0.15, 0.2) is 83.8 Å². The molecule has 1 atom stereocenters. The van der Waals surface area contributed by atoms with E-state index in [9.17, 15) is 18.0 Å². The molecule has 0 heterocycles. The molecule has 7 nitrogen and oxygen atoms in total. The maximum atomic E-state index is 13.9. The Labute approximate surface area is 230 Å².